The Morgan fingerprint density at radius 2 is 1.61 bits per heavy atom. The minimum absolute atomic E-state index is 0.125. The third kappa shape index (κ3) is 4.57. The number of aromatic nitrogens is 1. The minimum Gasteiger partial charge on any atom is -0.419 e. The molecule has 5 nitrogen and oxygen atoms in total. The zero-order valence-corrected chi connectivity index (χ0v) is 19.5. The number of aryl methyl sites for hydroxylation is 2. The molecule has 0 amide bonds. The monoisotopic (exact) mass is 496 g/mol. The molecule has 4 aromatic rings. The second-order valence-corrected chi connectivity index (χ2v) is 10.0. The Kier molecular flexibility index (Phi) is 5.98. The van der Waals surface area contributed by atoms with E-state index in [9.17, 15) is 8.42 Å². The molecule has 0 atom stereocenters. The largest absolute Gasteiger partial charge is 0.419 e. The molecule has 7 heteroatoms. The summed E-state index contributed by atoms with van der Waals surface area (Å²) in [5, 5.41) is 3.00. The van der Waals surface area contributed by atoms with Crippen LogP contribution in [-0.2, 0) is 16.4 Å². The fraction of sp³-hybridized carbons (Fsp3) is 0.125. The summed E-state index contributed by atoms with van der Waals surface area (Å²) in [6.45, 7) is 4.36. The number of rotatable bonds is 6. The van der Waals surface area contributed by atoms with Gasteiger partial charge < -0.3 is 9.73 Å². The second kappa shape index (κ2) is 8.69. The van der Waals surface area contributed by atoms with Crippen molar-refractivity contribution in [2.24, 2.45) is 0 Å². The lowest BCUT2D eigenvalue weighted by Gasteiger charge is -2.07. The molecule has 0 radical (unpaired) electrons. The molecular formula is C24H21BrN2O3S. The van der Waals surface area contributed by atoms with Crippen LogP contribution in [0.15, 0.2) is 91.6 Å². The summed E-state index contributed by atoms with van der Waals surface area (Å²) in [5.74, 6) is 0.391. The van der Waals surface area contributed by atoms with Crippen LogP contribution in [0, 0.1) is 13.8 Å². The molecule has 0 saturated heterocycles. The van der Waals surface area contributed by atoms with Gasteiger partial charge in [-0.25, -0.2) is 8.42 Å². The van der Waals surface area contributed by atoms with Crippen molar-refractivity contribution in [3.63, 3.8) is 0 Å². The summed E-state index contributed by atoms with van der Waals surface area (Å²) in [6, 6.07) is 22.0. The fourth-order valence-corrected chi connectivity index (χ4v) is 4.68. The van der Waals surface area contributed by atoms with Gasteiger partial charge in [-0.3, -0.25) is 0 Å². The molecule has 0 unspecified atom stereocenters. The van der Waals surface area contributed by atoms with Crippen molar-refractivity contribution < 1.29 is 12.8 Å². The van der Waals surface area contributed by atoms with E-state index in [-0.39, 0.29) is 21.7 Å². The second-order valence-electron chi connectivity index (χ2n) is 7.26. The molecule has 31 heavy (non-hydrogen) atoms. The van der Waals surface area contributed by atoms with Gasteiger partial charge in [-0.05, 0) is 55.3 Å². The van der Waals surface area contributed by atoms with Gasteiger partial charge in [0.05, 0.1) is 4.90 Å². The lowest BCUT2D eigenvalue weighted by atomic mass is 10.1. The third-order valence-corrected chi connectivity index (χ3v) is 7.13. The first kappa shape index (κ1) is 21.3. The molecule has 0 spiro atoms. The highest BCUT2D eigenvalue weighted by Gasteiger charge is 2.28. The molecule has 4 rings (SSSR count). The molecule has 1 heterocycles. The van der Waals surface area contributed by atoms with Crippen LogP contribution in [0.1, 0.15) is 16.7 Å². The Hall–Kier alpha value is -2.90. The lowest BCUT2D eigenvalue weighted by Crippen LogP contribution is -2.07. The molecule has 3 aromatic carbocycles. The van der Waals surface area contributed by atoms with E-state index in [1.807, 2.05) is 62.4 Å². The van der Waals surface area contributed by atoms with Crippen LogP contribution in [0.2, 0.25) is 0 Å². The molecule has 0 fully saturated rings. The van der Waals surface area contributed by atoms with Gasteiger partial charge in [-0.15, -0.1) is 0 Å². The average molecular weight is 497 g/mol. The van der Waals surface area contributed by atoms with Crippen molar-refractivity contribution >= 4 is 31.7 Å². The average Bonchev–Trinajstić information content (AvgIpc) is 3.19. The standard InChI is InChI=1S/C24H21BrN2O3S/c1-16-7-9-18(10-8-16)15-26-23-24(31(28,29)20-13-11-19(25)12-14-20)27-22(30-23)21-6-4-3-5-17(21)2/h3-14,26H,15H2,1-2H3. The van der Waals surface area contributed by atoms with E-state index >= 15 is 0 Å². The van der Waals surface area contributed by atoms with Crippen LogP contribution in [0.25, 0.3) is 11.5 Å². The molecule has 1 N–H and O–H groups in total. The number of sulfone groups is 1. The fourth-order valence-electron chi connectivity index (χ4n) is 3.14. The van der Waals surface area contributed by atoms with E-state index in [0.717, 1.165) is 26.7 Å². The Labute approximate surface area is 190 Å². The molecule has 0 aliphatic heterocycles. The van der Waals surface area contributed by atoms with Crippen molar-refractivity contribution in [3.8, 4) is 11.5 Å². The van der Waals surface area contributed by atoms with E-state index < -0.39 is 9.84 Å². The number of nitrogens with one attached hydrogen (secondary N) is 1. The molecular weight excluding hydrogens is 476 g/mol. The van der Waals surface area contributed by atoms with Gasteiger partial charge in [-0.2, -0.15) is 4.98 Å². The predicted octanol–water partition coefficient (Wildman–Crippen LogP) is 6.17. The Balaban J connectivity index is 1.77. The van der Waals surface area contributed by atoms with E-state index in [0.29, 0.717) is 6.54 Å². The molecule has 0 saturated carbocycles. The first-order valence-corrected chi connectivity index (χ1v) is 12.0. The van der Waals surface area contributed by atoms with Crippen LogP contribution in [0.4, 0.5) is 5.88 Å². The minimum atomic E-state index is -3.89. The van der Waals surface area contributed by atoms with Crippen LogP contribution in [0.3, 0.4) is 0 Å². The molecule has 0 aliphatic rings. The maximum Gasteiger partial charge on any atom is 0.234 e. The van der Waals surface area contributed by atoms with Gasteiger partial charge in [-0.1, -0.05) is 64.0 Å². The van der Waals surface area contributed by atoms with Crippen molar-refractivity contribution in [1.82, 2.24) is 4.98 Å². The maximum atomic E-state index is 13.4. The quantitative estimate of drug-likeness (QED) is 0.345. The highest BCUT2D eigenvalue weighted by atomic mass is 79.9. The van der Waals surface area contributed by atoms with Crippen molar-refractivity contribution in [3.05, 3.63) is 94.0 Å². The highest BCUT2D eigenvalue weighted by molar-refractivity contribution is 9.10. The topological polar surface area (TPSA) is 72.2 Å². The van der Waals surface area contributed by atoms with Gasteiger partial charge in [0.25, 0.3) is 0 Å². The maximum absolute atomic E-state index is 13.4. The molecule has 158 valence electrons. The number of hydrogen-bond acceptors (Lipinski definition) is 5. The van der Waals surface area contributed by atoms with Crippen LogP contribution in [-0.4, -0.2) is 13.4 Å². The van der Waals surface area contributed by atoms with Crippen LogP contribution in [0.5, 0.6) is 0 Å². The number of hydrogen-bond donors (Lipinski definition) is 1. The van der Waals surface area contributed by atoms with Crippen LogP contribution >= 0.6 is 15.9 Å². The Morgan fingerprint density at radius 3 is 2.29 bits per heavy atom. The number of anilines is 1. The summed E-state index contributed by atoms with van der Waals surface area (Å²) in [4.78, 5) is 4.56. The number of nitrogens with zero attached hydrogens (tertiary/aromatic N) is 1. The van der Waals surface area contributed by atoms with E-state index in [1.54, 1.807) is 24.3 Å². The lowest BCUT2D eigenvalue weighted by molar-refractivity contribution is 0.576. The smallest absolute Gasteiger partial charge is 0.234 e. The summed E-state index contributed by atoms with van der Waals surface area (Å²) in [5.41, 5.74) is 3.86. The summed E-state index contributed by atoms with van der Waals surface area (Å²) in [6.07, 6.45) is 0. The summed E-state index contributed by atoms with van der Waals surface area (Å²) in [7, 11) is -3.89. The first-order valence-electron chi connectivity index (χ1n) is 9.71. The highest BCUT2D eigenvalue weighted by Crippen LogP contribution is 2.34. The number of oxazole rings is 1. The zero-order chi connectivity index (χ0) is 22.0. The summed E-state index contributed by atoms with van der Waals surface area (Å²) < 4.78 is 33.5. The van der Waals surface area contributed by atoms with Crippen LogP contribution < -0.4 is 5.32 Å². The molecule has 0 aliphatic carbocycles. The molecule has 1 aromatic heterocycles. The zero-order valence-electron chi connectivity index (χ0n) is 17.1. The number of benzene rings is 3. The predicted molar refractivity (Wildman–Crippen MR) is 125 cm³/mol. The summed E-state index contributed by atoms with van der Waals surface area (Å²) >= 11 is 3.34. The normalized spacial score (nSPS) is 11.5. The Morgan fingerprint density at radius 1 is 0.935 bits per heavy atom. The van der Waals surface area contributed by atoms with E-state index in [1.165, 1.54) is 0 Å². The van der Waals surface area contributed by atoms with E-state index in [2.05, 4.69) is 26.2 Å². The van der Waals surface area contributed by atoms with Gasteiger partial charge in [0, 0.05) is 16.6 Å². The Bertz CT molecular complexity index is 1310. The van der Waals surface area contributed by atoms with Gasteiger partial charge >= 0.3 is 0 Å². The first-order chi connectivity index (χ1) is 14.8. The van der Waals surface area contributed by atoms with Crippen molar-refractivity contribution in [1.29, 1.82) is 0 Å². The van der Waals surface area contributed by atoms with Gasteiger partial charge in [0.15, 0.2) is 0 Å². The SMILES string of the molecule is Cc1ccc(CNc2oc(-c3ccccc3C)nc2S(=O)(=O)c2ccc(Br)cc2)cc1. The third-order valence-electron chi connectivity index (χ3n) is 4.92. The van der Waals surface area contributed by atoms with Crippen molar-refractivity contribution in [2.75, 3.05) is 5.32 Å². The number of halogens is 1. The van der Waals surface area contributed by atoms with E-state index in [4.69, 9.17) is 4.42 Å². The van der Waals surface area contributed by atoms with Crippen molar-refractivity contribution in [2.45, 2.75) is 30.3 Å². The van der Waals surface area contributed by atoms with Gasteiger partial charge in [0.2, 0.25) is 26.6 Å². The molecule has 0 bridgehead atoms. The van der Waals surface area contributed by atoms with Gasteiger partial charge in [0.1, 0.15) is 0 Å².